The molecule has 0 unspecified atom stereocenters. The number of carbonyl (C=O) groups is 1. The lowest BCUT2D eigenvalue weighted by atomic mass is 9.96. The predicted octanol–water partition coefficient (Wildman–Crippen LogP) is 1.56. The predicted molar refractivity (Wildman–Crippen MR) is 70.3 cm³/mol. The Bertz CT molecular complexity index is 587. The maximum absolute atomic E-state index is 12.2. The number of pyridine rings is 1. The van der Waals surface area contributed by atoms with Crippen LogP contribution in [-0.4, -0.2) is 15.4 Å². The molecule has 0 aromatic carbocycles. The van der Waals surface area contributed by atoms with Crippen molar-refractivity contribution in [3.8, 4) is 0 Å². The van der Waals surface area contributed by atoms with Crippen molar-refractivity contribution in [2.45, 2.75) is 39.7 Å². The molecule has 0 aliphatic carbocycles. The SMILES string of the molecule is CC(C)c1c([N+](=O)[O-])cn(C(C)C)c(=O)c1C(N)=O. The monoisotopic (exact) mass is 267 g/mol. The van der Waals surface area contributed by atoms with E-state index in [1.165, 1.54) is 6.20 Å². The molecular formula is C12H17N3O4. The van der Waals surface area contributed by atoms with E-state index in [4.69, 9.17) is 5.73 Å². The first-order valence-corrected chi connectivity index (χ1v) is 5.91. The van der Waals surface area contributed by atoms with Gasteiger partial charge < -0.3 is 10.3 Å². The van der Waals surface area contributed by atoms with Crippen LogP contribution in [0.25, 0.3) is 0 Å². The van der Waals surface area contributed by atoms with Crippen molar-refractivity contribution in [1.82, 2.24) is 4.57 Å². The van der Waals surface area contributed by atoms with Crippen LogP contribution in [0.15, 0.2) is 11.0 Å². The molecule has 1 amide bonds. The fourth-order valence-electron chi connectivity index (χ4n) is 1.98. The van der Waals surface area contributed by atoms with Crippen molar-refractivity contribution in [2.24, 2.45) is 5.73 Å². The Morgan fingerprint density at radius 2 is 1.89 bits per heavy atom. The topological polar surface area (TPSA) is 108 Å². The second-order valence-corrected chi connectivity index (χ2v) is 4.89. The van der Waals surface area contributed by atoms with E-state index in [1.54, 1.807) is 27.7 Å². The van der Waals surface area contributed by atoms with Gasteiger partial charge in [-0.1, -0.05) is 13.8 Å². The van der Waals surface area contributed by atoms with E-state index in [9.17, 15) is 19.7 Å². The zero-order valence-electron chi connectivity index (χ0n) is 11.3. The molecule has 19 heavy (non-hydrogen) atoms. The van der Waals surface area contributed by atoms with Crippen molar-refractivity contribution < 1.29 is 9.72 Å². The summed E-state index contributed by atoms with van der Waals surface area (Å²) in [4.78, 5) is 34.2. The standard InChI is InChI=1S/C12H17N3O4/c1-6(2)9-8(15(18)19)5-14(7(3)4)12(17)10(9)11(13)16/h5-7H,1-4H3,(H2,13,16). The molecule has 7 heteroatoms. The first-order valence-electron chi connectivity index (χ1n) is 5.91. The van der Waals surface area contributed by atoms with Gasteiger partial charge in [-0.3, -0.25) is 19.7 Å². The maximum atomic E-state index is 12.2. The van der Waals surface area contributed by atoms with Crippen molar-refractivity contribution in [1.29, 1.82) is 0 Å². The summed E-state index contributed by atoms with van der Waals surface area (Å²) in [6.07, 6.45) is 1.18. The van der Waals surface area contributed by atoms with Crippen molar-refractivity contribution in [2.75, 3.05) is 0 Å². The minimum absolute atomic E-state index is 0.0967. The first-order chi connectivity index (χ1) is 8.68. The Morgan fingerprint density at radius 1 is 1.37 bits per heavy atom. The van der Waals surface area contributed by atoms with Crippen LogP contribution in [0.1, 0.15) is 55.6 Å². The van der Waals surface area contributed by atoms with E-state index in [1.807, 2.05) is 0 Å². The highest BCUT2D eigenvalue weighted by atomic mass is 16.6. The summed E-state index contributed by atoms with van der Waals surface area (Å²) in [6, 6.07) is -0.300. The van der Waals surface area contributed by atoms with Gasteiger partial charge in [0, 0.05) is 6.04 Å². The zero-order valence-corrected chi connectivity index (χ0v) is 11.3. The Labute approximate surface area is 110 Å². The van der Waals surface area contributed by atoms with Gasteiger partial charge in [0.2, 0.25) is 0 Å². The normalized spacial score (nSPS) is 11.1. The molecule has 0 bridgehead atoms. The number of hydrogen-bond acceptors (Lipinski definition) is 4. The summed E-state index contributed by atoms with van der Waals surface area (Å²) >= 11 is 0. The summed E-state index contributed by atoms with van der Waals surface area (Å²) in [6.45, 7) is 6.75. The molecule has 0 aliphatic rings. The maximum Gasteiger partial charge on any atom is 0.289 e. The average molecular weight is 267 g/mol. The van der Waals surface area contributed by atoms with E-state index in [2.05, 4.69) is 0 Å². The second kappa shape index (κ2) is 5.21. The lowest BCUT2D eigenvalue weighted by Crippen LogP contribution is -2.33. The second-order valence-electron chi connectivity index (χ2n) is 4.89. The molecule has 0 aliphatic heterocycles. The number of hydrogen-bond donors (Lipinski definition) is 1. The van der Waals surface area contributed by atoms with Crippen molar-refractivity contribution in [3.63, 3.8) is 0 Å². The Morgan fingerprint density at radius 3 is 2.21 bits per heavy atom. The van der Waals surface area contributed by atoms with Gasteiger partial charge in [-0.05, 0) is 19.8 Å². The third-order valence-electron chi connectivity index (χ3n) is 2.83. The number of nitro groups is 1. The third-order valence-corrected chi connectivity index (χ3v) is 2.83. The molecule has 2 N–H and O–H groups in total. The molecule has 1 aromatic rings. The zero-order chi connectivity index (χ0) is 14.9. The third kappa shape index (κ3) is 2.64. The number of carbonyl (C=O) groups excluding carboxylic acids is 1. The molecule has 0 saturated heterocycles. The Balaban J connectivity index is 3.89. The van der Waals surface area contributed by atoms with Gasteiger partial charge in [0.15, 0.2) is 0 Å². The van der Waals surface area contributed by atoms with E-state index in [0.717, 1.165) is 4.57 Å². The molecule has 7 nitrogen and oxygen atoms in total. The summed E-state index contributed by atoms with van der Waals surface area (Å²) in [7, 11) is 0. The van der Waals surface area contributed by atoms with Crippen LogP contribution in [0.2, 0.25) is 0 Å². The number of primary amides is 1. The molecule has 0 saturated carbocycles. The van der Waals surface area contributed by atoms with Crippen LogP contribution in [0.4, 0.5) is 5.69 Å². The van der Waals surface area contributed by atoms with E-state index >= 15 is 0 Å². The molecule has 0 fully saturated rings. The van der Waals surface area contributed by atoms with Crippen molar-refractivity contribution in [3.05, 3.63) is 37.8 Å². The van der Waals surface area contributed by atoms with E-state index < -0.39 is 16.4 Å². The molecule has 0 atom stereocenters. The van der Waals surface area contributed by atoms with Crippen LogP contribution in [0.5, 0.6) is 0 Å². The fraction of sp³-hybridized carbons (Fsp3) is 0.500. The van der Waals surface area contributed by atoms with Crippen molar-refractivity contribution >= 4 is 11.6 Å². The average Bonchev–Trinajstić information content (AvgIpc) is 2.26. The number of aromatic nitrogens is 1. The molecule has 1 aromatic heterocycles. The molecule has 1 rings (SSSR count). The van der Waals surface area contributed by atoms with Gasteiger partial charge in [-0.2, -0.15) is 0 Å². The number of nitrogens with two attached hydrogens (primary N) is 1. The van der Waals surface area contributed by atoms with Gasteiger partial charge in [-0.15, -0.1) is 0 Å². The molecule has 0 spiro atoms. The van der Waals surface area contributed by atoms with Crippen LogP contribution in [-0.2, 0) is 0 Å². The summed E-state index contributed by atoms with van der Waals surface area (Å²) in [5.41, 5.74) is 4.18. The number of amides is 1. The Hall–Kier alpha value is -2.18. The highest BCUT2D eigenvalue weighted by molar-refractivity contribution is 5.95. The minimum atomic E-state index is -0.938. The van der Waals surface area contributed by atoms with Gasteiger partial charge in [0.1, 0.15) is 5.56 Å². The number of rotatable bonds is 4. The molecular weight excluding hydrogens is 250 g/mol. The van der Waals surface area contributed by atoms with Crippen LogP contribution >= 0.6 is 0 Å². The summed E-state index contributed by atoms with van der Waals surface area (Å²) in [5.74, 6) is -1.29. The lowest BCUT2D eigenvalue weighted by molar-refractivity contribution is -0.386. The molecule has 0 radical (unpaired) electrons. The van der Waals surface area contributed by atoms with Crippen LogP contribution in [0.3, 0.4) is 0 Å². The largest absolute Gasteiger partial charge is 0.365 e. The summed E-state index contributed by atoms with van der Waals surface area (Å²) < 4.78 is 1.16. The van der Waals surface area contributed by atoms with E-state index in [0.29, 0.717) is 0 Å². The number of nitrogens with zero attached hydrogens (tertiary/aromatic N) is 2. The molecule has 1 heterocycles. The van der Waals surface area contributed by atoms with Crippen LogP contribution in [0, 0.1) is 10.1 Å². The van der Waals surface area contributed by atoms with Gasteiger partial charge in [-0.25, -0.2) is 0 Å². The highest BCUT2D eigenvalue weighted by Crippen LogP contribution is 2.28. The lowest BCUT2D eigenvalue weighted by Gasteiger charge is -2.16. The summed E-state index contributed by atoms with van der Waals surface area (Å²) in [5, 5.41) is 11.1. The smallest absolute Gasteiger partial charge is 0.289 e. The van der Waals surface area contributed by atoms with Crippen LogP contribution < -0.4 is 11.3 Å². The quantitative estimate of drug-likeness (QED) is 0.659. The fourth-order valence-corrected chi connectivity index (χ4v) is 1.98. The van der Waals surface area contributed by atoms with E-state index in [-0.39, 0.29) is 28.8 Å². The highest BCUT2D eigenvalue weighted by Gasteiger charge is 2.28. The van der Waals surface area contributed by atoms with Gasteiger partial charge in [0.25, 0.3) is 17.2 Å². The first kappa shape index (κ1) is 14.9. The van der Waals surface area contributed by atoms with Gasteiger partial charge >= 0.3 is 0 Å². The molecule has 104 valence electrons. The van der Waals surface area contributed by atoms with Gasteiger partial charge in [0.05, 0.1) is 16.7 Å². The minimum Gasteiger partial charge on any atom is -0.365 e. The Kier molecular flexibility index (Phi) is 4.08.